The van der Waals surface area contributed by atoms with Crippen molar-refractivity contribution in [2.24, 2.45) is 14.1 Å². The highest BCUT2D eigenvalue weighted by molar-refractivity contribution is 5.73. The summed E-state index contributed by atoms with van der Waals surface area (Å²) in [6.07, 6.45) is 1.13. The fraction of sp³-hybridized carbons (Fsp3) is 0.409. The van der Waals surface area contributed by atoms with Gasteiger partial charge in [-0.1, -0.05) is 0 Å². The first kappa shape index (κ1) is 23.0. The average Bonchev–Trinajstić information content (AvgIpc) is 3.33. The standard InChI is InChI=1S/C22H23F3N8O2/c1-12-8-15(14-11-31(2)30-18(14)22(23,24)25)26-9-16(12)28-20-27-10-17-19(29-20)33(21(34)32(17)3)13-4-6-35-7-5-13/h8-11,13H,4-7H2,1-3H3,(H,27,28,29). The molecule has 1 saturated heterocycles. The van der Waals surface area contributed by atoms with Crippen molar-refractivity contribution in [3.8, 4) is 11.3 Å². The van der Waals surface area contributed by atoms with Gasteiger partial charge in [-0.05, 0) is 31.4 Å². The molecular weight excluding hydrogens is 465 g/mol. The highest BCUT2D eigenvalue weighted by Crippen LogP contribution is 2.36. The van der Waals surface area contributed by atoms with E-state index in [9.17, 15) is 18.0 Å². The second-order valence-electron chi connectivity index (χ2n) is 8.53. The van der Waals surface area contributed by atoms with Crippen molar-refractivity contribution in [2.75, 3.05) is 18.5 Å². The normalized spacial score (nSPS) is 15.1. The SMILES string of the molecule is Cc1cc(-c2cn(C)nc2C(F)(F)F)ncc1Nc1ncc2c(n1)n(C1CCOCC1)c(=O)n2C. The molecule has 0 spiro atoms. The van der Waals surface area contributed by atoms with Crippen LogP contribution in [0.2, 0.25) is 0 Å². The van der Waals surface area contributed by atoms with Crippen molar-refractivity contribution < 1.29 is 17.9 Å². The van der Waals surface area contributed by atoms with Crippen LogP contribution in [0.25, 0.3) is 22.4 Å². The van der Waals surface area contributed by atoms with Gasteiger partial charge < -0.3 is 10.1 Å². The maximum atomic E-state index is 13.4. The molecule has 1 aliphatic rings. The van der Waals surface area contributed by atoms with E-state index in [1.807, 2.05) is 0 Å². The fourth-order valence-corrected chi connectivity index (χ4v) is 4.31. The van der Waals surface area contributed by atoms with E-state index in [1.54, 1.807) is 30.8 Å². The van der Waals surface area contributed by atoms with E-state index in [0.29, 0.717) is 48.5 Å². The Balaban J connectivity index is 1.49. The first-order valence-corrected chi connectivity index (χ1v) is 11.0. The van der Waals surface area contributed by atoms with Crippen LogP contribution < -0.4 is 11.0 Å². The van der Waals surface area contributed by atoms with Gasteiger partial charge in [0.15, 0.2) is 11.3 Å². The zero-order valence-electron chi connectivity index (χ0n) is 19.3. The second kappa shape index (κ2) is 8.48. The van der Waals surface area contributed by atoms with Gasteiger partial charge in [-0.2, -0.15) is 23.3 Å². The second-order valence-corrected chi connectivity index (χ2v) is 8.53. The summed E-state index contributed by atoms with van der Waals surface area (Å²) in [6.45, 7) is 2.90. The first-order chi connectivity index (χ1) is 16.6. The molecule has 0 bridgehead atoms. The number of aromatic nitrogens is 7. The molecule has 5 heterocycles. The first-order valence-electron chi connectivity index (χ1n) is 11.0. The fourth-order valence-electron chi connectivity index (χ4n) is 4.31. The number of alkyl halides is 3. The number of hydrogen-bond donors (Lipinski definition) is 1. The molecule has 4 aromatic rings. The molecular formula is C22H23F3N8O2. The maximum absolute atomic E-state index is 13.4. The van der Waals surface area contributed by atoms with Crippen LogP contribution in [0, 0.1) is 6.92 Å². The Hall–Kier alpha value is -3.74. The van der Waals surface area contributed by atoms with E-state index in [2.05, 4.69) is 25.4 Å². The largest absolute Gasteiger partial charge is 0.435 e. The number of hydrogen-bond acceptors (Lipinski definition) is 7. The minimum atomic E-state index is -4.59. The molecule has 4 aromatic heterocycles. The monoisotopic (exact) mass is 488 g/mol. The van der Waals surface area contributed by atoms with Crippen molar-refractivity contribution in [3.05, 3.63) is 46.4 Å². The number of anilines is 2. The molecule has 0 aromatic carbocycles. The Morgan fingerprint density at radius 1 is 1.14 bits per heavy atom. The zero-order chi connectivity index (χ0) is 24.9. The Morgan fingerprint density at radius 3 is 2.57 bits per heavy atom. The van der Waals surface area contributed by atoms with Crippen molar-refractivity contribution in [2.45, 2.75) is 32.0 Å². The van der Waals surface area contributed by atoms with Crippen LogP contribution in [0.3, 0.4) is 0 Å². The van der Waals surface area contributed by atoms with E-state index in [0.717, 1.165) is 4.68 Å². The van der Waals surface area contributed by atoms with Gasteiger partial charge in [-0.3, -0.25) is 18.8 Å². The molecule has 0 amide bonds. The summed E-state index contributed by atoms with van der Waals surface area (Å²) in [5.41, 5.74) is 1.18. The molecule has 13 heteroatoms. The number of imidazole rings is 1. The van der Waals surface area contributed by atoms with Crippen LogP contribution in [0.1, 0.15) is 30.1 Å². The highest BCUT2D eigenvalue weighted by atomic mass is 19.4. The highest BCUT2D eigenvalue weighted by Gasteiger charge is 2.37. The van der Waals surface area contributed by atoms with Gasteiger partial charge in [0.05, 0.1) is 29.3 Å². The van der Waals surface area contributed by atoms with Crippen LogP contribution in [0.5, 0.6) is 0 Å². The number of aryl methyl sites for hydroxylation is 3. The number of halogens is 3. The van der Waals surface area contributed by atoms with Crippen molar-refractivity contribution >= 4 is 22.8 Å². The molecule has 0 radical (unpaired) electrons. The van der Waals surface area contributed by atoms with Crippen LogP contribution in [-0.4, -0.2) is 47.1 Å². The Bertz CT molecular complexity index is 1460. The third-order valence-electron chi connectivity index (χ3n) is 6.12. The summed E-state index contributed by atoms with van der Waals surface area (Å²) in [5, 5.41) is 6.62. The number of fused-ring (bicyclic) bond motifs is 1. The molecule has 1 fully saturated rings. The molecule has 0 aliphatic carbocycles. The topological polar surface area (TPSA) is 105 Å². The lowest BCUT2D eigenvalue weighted by Crippen LogP contribution is -2.30. The van der Waals surface area contributed by atoms with Crippen molar-refractivity contribution in [3.63, 3.8) is 0 Å². The van der Waals surface area contributed by atoms with E-state index >= 15 is 0 Å². The lowest BCUT2D eigenvalue weighted by atomic mass is 10.1. The van der Waals surface area contributed by atoms with Crippen LogP contribution in [0.4, 0.5) is 24.8 Å². The van der Waals surface area contributed by atoms with Crippen molar-refractivity contribution in [1.82, 2.24) is 33.9 Å². The average molecular weight is 488 g/mol. The van der Waals surface area contributed by atoms with Gasteiger partial charge >= 0.3 is 11.9 Å². The summed E-state index contributed by atoms with van der Waals surface area (Å²) in [4.78, 5) is 26.0. The van der Waals surface area contributed by atoms with Gasteiger partial charge in [0, 0.05) is 39.5 Å². The summed E-state index contributed by atoms with van der Waals surface area (Å²) < 4.78 is 49.9. The molecule has 0 saturated carbocycles. The van der Waals surface area contributed by atoms with Crippen LogP contribution in [0.15, 0.2) is 29.5 Å². The maximum Gasteiger partial charge on any atom is 0.435 e. The van der Waals surface area contributed by atoms with Gasteiger partial charge in [0.25, 0.3) is 0 Å². The molecule has 5 rings (SSSR count). The Labute approximate surface area is 197 Å². The number of rotatable bonds is 4. The molecule has 0 atom stereocenters. The summed E-state index contributed by atoms with van der Waals surface area (Å²) in [5.74, 6) is 0.249. The lowest BCUT2D eigenvalue weighted by molar-refractivity contribution is -0.141. The van der Waals surface area contributed by atoms with E-state index < -0.39 is 11.9 Å². The van der Waals surface area contributed by atoms with Gasteiger partial charge in [0.2, 0.25) is 5.95 Å². The number of nitrogens with one attached hydrogen (secondary N) is 1. The number of ether oxygens (including phenoxy) is 1. The van der Waals surface area contributed by atoms with E-state index in [1.165, 1.54) is 24.0 Å². The Kier molecular flexibility index (Phi) is 5.58. The van der Waals surface area contributed by atoms with Crippen LogP contribution >= 0.6 is 0 Å². The molecule has 35 heavy (non-hydrogen) atoms. The third-order valence-corrected chi connectivity index (χ3v) is 6.12. The molecule has 1 aliphatic heterocycles. The molecule has 184 valence electrons. The van der Waals surface area contributed by atoms with Crippen LogP contribution in [-0.2, 0) is 25.0 Å². The van der Waals surface area contributed by atoms with Crippen molar-refractivity contribution in [1.29, 1.82) is 0 Å². The number of nitrogens with zero attached hydrogens (tertiary/aromatic N) is 7. The van der Waals surface area contributed by atoms with E-state index in [4.69, 9.17) is 4.74 Å². The van der Waals surface area contributed by atoms with Gasteiger partial charge in [-0.25, -0.2) is 9.78 Å². The minimum absolute atomic E-state index is 0.0207. The lowest BCUT2D eigenvalue weighted by Gasteiger charge is -2.22. The van der Waals surface area contributed by atoms with Gasteiger partial charge in [0.1, 0.15) is 5.52 Å². The van der Waals surface area contributed by atoms with Gasteiger partial charge in [-0.15, -0.1) is 0 Å². The minimum Gasteiger partial charge on any atom is -0.381 e. The summed E-state index contributed by atoms with van der Waals surface area (Å²) >= 11 is 0. The molecule has 10 nitrogen and oxygen atoms in total. The predicted octanol–water partition coefficient (Wildman–Crippen LogP) is 3.35. The molecule has 0 unspecified atom stereocenters. The quantitative estimate of drug-likeness (QED) is 0.470. The smallest absolute Gasteiger partial charge is 0.381 e. The third kappa shape index (κ3) is 4.16. The molecule has 1 N–H and O–H groups in total. The Morgan fingerprint density at radius 2 is 1.89 bits per heavy atom. The van der Waals surface area contributed by atoms with E-state index in [-0.39, 0.29) is 28.9 Å². The zero-order valence-corrected chi connectivity index (χ0v) is 19.3. The predicted molar refractivity (Wildman–Crippen MR) is 121 cm³/mol. The summed E-state index contributed by atoms with van der Waals surface area (Å²) in [7, 11) is 3.11. The summed E-state index contributed by atoms with van der Waals surface area (Å²) in [6, 6.07) is 1.53. The number of pyridine rings is 1.